The van der Waals surface area contributed by atoms with E-state index in [-0.39, 0.29) is 11.7 Å². The fraction of sp³-hybridized carbons (Fsp3) is 0.111. The van der Waals surface area contributed by atoms with Gasteiger partial charge in [-0.05, 0) is 47.9 Å². The van der Waals surface area contributed by atoms with Crippen LogP contribution in [0.5, 0.6) is 11.5 Å². The molecule has 34 heavy (non-hydrogen) atoms. The minimum absolute atomic E-state index is 0.194. The average Bonchev–Trinajstić information content (AvgIpc) is 3.31. The third-order valence-corrected chi connectivity index (χ3v) is 6.43. The topological polar surface area (TPSA) is 73.9 Å². The zero-order valence-corrected chi connectivity index (χ0v) is 19.8. The minimum Gasteiger partial charge on any atom is -0.496 e. The number of thiophene rings is 1. The summed E-state index contributed by atoms with van der Waals surface area (Å²) in [5, 5.41) is 1.16. The molecule has 4 aromatic rings. The Kier molecular flexibility index (Phi) is 7.06. The Morgan fingerprint density at radius 1 is 0.853 bits per heavy atom. The highest BCUT2D eigenvalue weighted by Crippen LogP contribution is 2.41. The number of hydrogen-bond donors (Lipinski definition) is 1. The molecule has 6 nitrogen and oxygen atoms in total. The molecular formula is C27H23NO5S. The second-order valence-corrected chi connectivity index (χ2v) is 8.44. The Labute approximate surface area is 201 Å². The number of hydrogen-bond acceptors (Lipinski definition) is 6. The van der Waals surface area contributed by atoms with E-state index in [1.807, 2.05) is 24.3 Å². The van der Waals surface area contributed by atoms with Crippen molar-refractivity contribution < 1.29 is 23.9 Å². The fourth-order valence-electron chi connectivity index (χ4n) is 3.56. The SMILES string of the molecule is CONC(=O)c1ccc(C(=O)/C=C/c2cc(-c3cc4ccccc4s3)c(OC)cc2OC)cc1. The van der Waals surface area contributed by atoms with Crippen molar-refractivity contribution in [3.8, 4) is 21.9 Å². The summed E-state index contributed by atoms with van der Waals surface area (Å²) in [7, 11) is 4.57. The molecule has 4 rings (SSSR count). The van der Waals surface area contributed by atoms with Crippen LogP contribution in [0.25, 0.3) is 26.6 Å². The van der Waals surface area contributed by atoms with Gasteiger partial charge in [0.1, 0.15) is 11.5 Å². The molecule has 7 heteroatoms. The Hall–Kier alpha value is -3.94. The molecule has 1 N–H and O–H groups in total. The second kappa shape index (κ2) is 10.3. The van der Waals surface area contributed by atoms with Crippen LogP contribution in [0.15, 0.2) is 72.8 Å². The van der Waals surface area contributed by atoms with E-state index in [1.165, 1.54) is 17.9 Å². The lowest BCUT2D eigenvalue weighted by Crippen LogP contribution is -2.21. The Morgan fingerprint density at radius 2 is 1.56 bits per heavy atom. The van der Waals surface area contributed by atoms with Crippen LogP contribution >= 0.6 is 11.3 Å². The predicted molar refractivity (Wildman–Crippen MR) is 135 cm³/mol. The molecule has 1 amide bonds. The van der Waals surface area contributed by atoms with Crippen molar-refractivity contribution in [1.82, 2.24) is 5.48 Å². The second-order valence-electron chi connectivity index (χ2n) is 7.35. The third-order valence-electron chi connectivity index (χ3n) is 5.28. The smallest absolute Gasteiger partial charge is 0.274 e. The lowest BCUT2D eigenvalue weighted by molar-refractivity contribution is 0.0537. The molecule has 0 aliphatic carbocycles. The molecule has 172 valence electrons. The number of methoxy groups -OCH3 is 2. The molecule has 0 spiro atoms. The standard InChI is InChI=1S/C27H23NO5S/c1-31-23-16-24(32-2)21(26-15-20-6-4-5-7-25(20)34-26)14-19(23)12-13-22(29)17-8-10-18(11-9-17)27(30)28-33-3/h4-16H,1-3H3,(H,28,30)/b13-12+. The van der Waals surface area contributed by atoms with Gasteiger partial charge in [0, 0.05) is 37.9 Å². The summed E-state index contributed by atoms with van der Waals surface area (Å²) < 4.78 is 12.4. The number of amides is 1. The van der Waals surface area contributed by atoms with Crippen molar-refractivity contribution in [3.63, 3.8) is 0 Å². The first-order chi connectivity index (χ1) is 16.5. The molecule has 1 heterocycles. The van der Waals surface area contributed by atoms with Gasteiger partial charge in [0.2, 0.25) is 0 Å². The quantitative estimate of drug-likeness (QED) is 0.200. The van der Waals surface area contributed by atoms with Crippen LogP contribution < -0.4 is 15.0 Å². The first kappa shape index (κ1) is 23.2. The van der Waals surface area contributed by atoms with E-state index >= 15 is 0 Å². The van der Waals surface area contributed by atoms with Crippen molar-refractivity contribution >= 4 is 39.2 Å². The summed E-state index contributed by atoms with van der Waals surface area (Å²) in [5.74, 6) is 0.711. The van der Waals surface area contributed by atoms with Gasteiger partial charge in [-0.3, -0.25) is 14.4 Å². The van der Waals surface area contributed by atoms with E-state index in [0.29, 0.717) is 22.6 Å². The number of benzene rings is 3. The van der Waals surface area contributed by atoms with Crippen molar-refractivity contribution in [1.29, 1.82) is 0 Å². The van der Waals surface area contributed by atoms with Crippen molar-refractivity contribution in [2.45, 2.75) is 0 Å². The highest BCUT2D eigenvalue weighted by Gasteiger charge is 2.15. The van der Waals surface area contributed by atoms with Gasteiger partial charge < -0.3 is 9.47 Å². The highest BCUT2D eigenvalue weighted by molar-refractivity contribution is 7.22. The summed E-state index contributed by atoms with van der Waals surface area (Å²) in [4.78, 5) is 30.2. The molecule has 0 saturated heterocycles. The van der Waals surface area contributed by atoms with Crippen LogP contribution in [-0.4, -0.2) is 33.0 Å². The number of carbonyl (C=O) groups excluding carboxylic acids is 2. The summed E-state index contributed by atoms with van der Waals surface area (Å²) in [6.45, 7) is 0. The molecule has 0 fully saturated rings. The number of hydroxylamine groups is 1. The number of ether oxygens (including phenoxy) is 2. The van der Waals surface area contributed by atoms with Crippen LogP contribution in [0.2, 0.25) is 0 Å². The van der Waals surface area contributed by atoms with Crippen molar-refractivity contribution in [2.75, 3.05) is 21.3 Å². The maximum absolute atomic E-state index is 12.7. The molecule has 3 aromatic carbocycles. The first-order valence-electron chi connectivity index (χ1n) is 10.4. The minimum atomic E-state index is -0.381. The Balaban J connectivity index is 1.65. The van der Waals surface area contributed by atoms with E-state index in [4.69, 9.17) is 9.47 Å². The molecule has 0 atom stereocenters. The van der Waals surface area contributed by atoms with E-state index in [2.05, 4.69) is 28.5 Å². The lowest BCUT2D eigenvalue weighted by atomic mass is 10.0. The van der Waals surface area contributed by atoms with E-state index < -0.39 is 0 Å². The largest absolute Gasteiger partial charge is 0.496 e. The van der Waals surface area contributed by atoms with Gasteiger partial charge in [-0.1, -0.05) is 30.3 Å². The summed E-state index contributed by atoms with van der Waals surface area (Å²) in [5.41, 5.74) is 4.77. The number of rotatable bonds is 8. The van der Waals surface area contributed by atoms with Crippen LogP contribution in [0, 0.1) is 0 Å². The summed E-state index contributed by atoms with van der Waals surface area (Å²) in [6.07, 6.45) is 3.21. The van der Waals surface area contributed by atoms with E-state index in [0.717, 1.165) is 21.4 Å². The number of nitrogens with one attached hydrogen (secondary N) is 1. The first-order valence-corrected chi connectivity index (χ1v) is 11.3. The normalized spacial score (nSPS) is 11.0. The van der Waals surface area contributed by atoms with Gasteiger partial charge >= 0.3 is 0 Å². The maximum Gasteiger partial charge on any atom is 0.274 e. The molecule has 0 unspecified atom stereocenters. The number of fused-ring (bicyclic) bond motifs is 1. The zero-order chi connectivity index (χ0) is 24.1. The number of ketones is 1. The summed E-state index contributed by atoms with van der Waals surface area (Å²) >= 11 is 1.68. The Morgan fingerprint density at radius 3 is 2.24 bits per heavy atom. The van der Waals surface area contributed by atoms with Crippen molar-refractivity contribution in [3.05, 3.63) is 89.5 Å². The Bertz CT molecular complexity index is 1340. The molecule has 0 aliphatic heterocycles. The van der Waals surface area contributed by atoms with Crippen LogP contribution in [-0.2, 0) is 4.84 Å². The van der Waals surface area contributed by atoms with Gasteiger partial charge in [0.05, 0.1) is 21.3 Å². The molecule has 1 aromatic heterocycles. The van der Waals surface area contributed by atoms with Gasteiger partial charge in [-0.25, -0.2) is 5.48 Å². The predicted octanol–water partition coefficient (Wildman–Crippen LogP) is 5.77. The molecule has 0 radical (unpaired) electrons. The molecule has 0 bridgehead atoms. The van der Waals surface area contributed by atoms with E-state index in [1.54, 1.807) is 55.9 Å². The van der Waals surface area contributed by atoms with Crippen LogP contribution in [0.3, 0.4) is 0 Å². The summed E-state index contributed by atoms with van der Waals surface area (Å²) in [6, 6.07) is 20.5. The van der Waals surface area contributed by atoms with E-state index in [9.17, 15) is 9.59 Å². The molecule has 0 saturated carbocycles. The number of carbonyl (C=O) groups is 2. The zero-order valence-electron chi connectivity index (χ0n) is 19.0. The molecule has 0 aliphatic rings. The van der Waals surface area contributed by atoms with Crippen LogP contribution in [0.4, 0.5) is 0 Å². The van der Waals surface area contributed by atoms with Gasteiger partial charge in [-0.2, -0.15) is 0 Å². The molecular weight excluding hydrogens is 450 g/mol. The highest BCUT2D eigenvalue weighted by atomic mass is 32.1. The lowest BCUT2D eigenvalue weighted by Gasteiger charge is -2.12. The van der Waals surface area contributed by atoms with Gasteiger partial charge in [-0.15, -0.1) is 11.3 Å². The van der Waals surface area contributed by atoms with Crippen LogP contribution in [0.1, 0.15) is 26.3 Å². The van der Waals surface area contributed by atoms with Gasteiger partial charge in [0.25, 0.3) is 5.91 Å². The fourth-order valence-corrected chi connectivity index (χ4v) is 4.64. The third kappa shape index (κ3) is 4.85. The van der Waals surface area contributed by atoms with Gasteiger partial charge in [0.15, 0.2) is 5.78 Å². The van der Waals surface area contributed by atoms with Crippen molar-refractivity contribution in [2.24, 2.45) is 0 Å². The average molecular weight is 474 g/mol. The number of allylic oxidation sites excluding steroid dienone is 1. The maximum atomic E-state index is 12.7. The monoisotopic (exact) mass is 473 g/mol.